The zero-order valence-corrected chi connectivity index (χ0v) is 21.1. The van der Waals surface area contributed by atoms with Crippen LogP contribution in [0.3, 0.4) is 0 Å². The van der Waals surface area contributed by atoms with Gasteiger partial charge < -0.3 is 4.90 Å². The molecule has 1 saturated carbocycles. The number of carbonyl (C=O) groups excluding carboxylic acids is 2. The molecule has 0 radical (unpaired) electrons. The third-order valence-electron chi connectivity index (χ3n) is 8.40. The van der Waals surface area contributed by atoms with Crippen molar-refractivity contribution in [1.29, 1.82) is 0 Å². The van der Waals surface area contributed by atoms with Gasteiger partial charge >= 0.3 is 0 Å². The Hall–Kier alpha value is -3.79. The first-order valence-electron chi connectivity index (χ1n) is 13.5. The lowest BCUT2D eigenvalue weighted by atomic mass is 9.77. The highest BCUT2D eigenvalue weighted by atomic mass is 16.2. The van der Waals surface area contributed by atoms with Crippen molar-refractivity contribution in [3.8, 4) is 11.1 Å². The predicted octanol–water partition coefficient (Wildman–Crippen LogP) is 7.20. The summed E-state index contributed by atoms with van der Waals surface area (Å²) in [6, 6.07) is 27.9. The van der Waals surface area contributed by atoms with Crippen LogP contribution in [0.4, 0.5) is 0 Å². The quantitative estimate of drug-likeness (QED) is 0.270. The molecule has 3 atom stereocenters. The molecular weight excluding hydrogens is 456 g/mol. The minimum absolute atomic E-state index is 0.0912. The molecule has 0 N–H and O–H groups in total. The summed E-state index contributed by atoms with van der Waals surface area (Å²) in [6.07, 6.45) is 7.62. The van der Waals surface area contributed by atoms with Crippen molar-refractivity contribution in [2.75, 3.05) is 6.54 Å². The van der Waals surface area contributed by atoms with Crippen LogP contribution in [-0.4, -0.2) is 34.2 Å². The van der Waals surface area contributed by atoms with E-state index in [0.717, 1.165) is 40.6 Å². The van der Waals surface area contributed by atoms with Crippen LogP contribution in [0, 0.1) is 11.8 Å². The SMILES string of the molecule is O=C(CC[C@@H]1[C@H]2CCCC[C@@H]2CN1C(=O)c1ccccc1-c1ccccc1)c1cccc2cccnc12. The number of amides is 1. The Labute approximate surface area is 218 Å². The summed E-state index contributed by atoms with van der Waals surface area (Å²) in [5.41, 5.74) is 4.23. The average molecular weight is 489 g/mol. The van der Waals surface area contributed by atoms with E-state index in [-0.39, 0.29) is 17.7 Å². The number of pyridine rings is 1. The number of hydrogen-bond donors (Lipinski definition) is 0. The van der Waals surface area contributed by atoms with Crippen LogP contribution < -0.4 is 0 Å². The van der Waals surface area contributed by atoms with Gasteiger partial charge in [0.25, 0.3) is 5.91 Å². The number of nitrogens with zero attached hydrogens (tertiary/aromatic N) is 2. The van der Waals surface area contributed by atoms with Crippen molar-refractivity contribution in [3.63, 3.8) is 0 Å². The molecule has 3 aromatic carbocycles. The molecule has 1 aromatic heterocycles. The maximum absolute atomic E-state index is 14.1. The maximum atomic E-state index is 14.1. The van der Waals surface area contributed by atoms with Crippen LogP contribution in [0.25, 0.3) is 22.0 Å². The summed E-state index contributed by atoms with van der Waals surface area (Å²) >= 11 is 0. The second kappa shape index (κ2) is 10.3. The summed E-state index contributed by atoms with van der Waals surface area (Å²) in [5.74, 6) is 1.21. The zero-order chi connectivity index (χ0) is 25.2. The minimum Gasteiger partial charge on any atom is -0.335 e. The fourth-order valence-corrected chi connectivity index (χ4v) is 6.63. The van der Waals surface area contributed by atoms with E-state index in [1.165, 1.54) is 19.3 Å². The largest absolute Gasteiger partial charge is 0.335 e. The number of aromatic nitrogens is 1. The standard InChI is InChI=1S/C33H32N2O2/c36-31(29-18-8-13-24-14-9-21-34-32(24)29)20-19-30-27-16-5-4-12-25(27)22-35(30)33(37)28-17-7-6-15-26(28)23-10-2-1-3-11-23/h1-3,6-11,13-15,17-18,21,25,27,30H,4-5,12,16,19-20,22H2/t25-,27+,30-/m1/s1. The van der Waals surface area contributed by atoms with Gasteiger partial charge in [0.1, 0.15) is 0 Å². The van der Waals surface area contributed by atoms with Gasteiger partial charge in [-0.1, -0.05) is 79.6 Å². The molecule has 0 bridgehead atoms. The van der Waals surface area contributed by atoms with Crippen LogP contribution in [0.2, 0.25) is 0 Å². The molecule has 1 amide bonds. The van der Waals surface area contributed by atoms with Gasteiger partial charge in [-0.3, -0.25) is 14.6 Å². The van der Waals surface area contributed by atoms with Gasteiger partial charge in [0.05, 0.1) is 5.52 Å². The molecule has 4 nitrogen and oxygen atoms in total. The molecular formula is C33H32N2O2. The molecule has 0 spiro atoms. The number of para-hydroxylation sites is 1. The maximum Gasteiger partial charge on any atom is 0.254 e. The summed E-state index contributed by atoms with van der Waals surface area (Å²) in [4.78, 5) is 34.1. The van der Waals surface area contributed by atoms with Crippen molar-refractivity contribution >= 4 is 22.6 Å². The molecule has 6 rings (SSSR count). The molecule has 186 valence electrons. The highest BCUT2D eigenvalue weighted by Crippen LogP contribution is 2.43. The molecule has 1 aliphatic heterocycles. The second-order valence-corrected chi connectivity index (χ2v) is 10.5. The number of rotatable bonds is 6. The van der Waals surface area contributed by atoms with E-state index >= 15 is 0 Å². The van der Waals surface area contributed by atoms with Crippen LogP contribution in [0.15, 0.2) is 91.1 Å². The molecule has 0 unspecified atom stereocenters. The number of carbonyl (C=O) groups is 2. The number of likely N-dealkylation sites (tertiary alicyclic amines) is 1. The minimum atomic E-state index is 0.0912. The monoisotopic (exact) mass is 488 g/mol. The summed E-state index contributed by atoms with van der Waals surface area (Å²) < 4.78 is 0. The van der Waals surface area contributed by atoms with Crippen LogP contribution in [0.5, 0.6) is 0 Å². The summed E-state index contributed by atoms with van der Waals surface area (Å²) in [7, 11) is 0. The normalized spacial score (nSPS) is 21.1. The van der Waals surface area contributed by atoms with E-state index < -0.39 is 0 Å². The Balaban J connectivity index is 1.28. The van der Waals surface area contributed by atoms with Gasteiger partial charge in [0.15, 0.2) is 5.78 Å². The molecule has 2 heterocycles. The first-order chi connectivity index (χ1) is 18.2. The predicted molar refractivity (Wildman–Crippen MR) is 147 cm³/mol. The van der Waals surface area contributed by atoms with Crippen molar-refractivity contribution in [3.05, 3.63) is 102 Å². The van der Waals surface area contributed by atoms with Gasteiger partial charge in [-0.05, 0) is 60.4 Å². The molecule has 4 aromatic rings. The van der Waals surface area contributed by atoms with Gasteiger partial charge in [0, 0.05) is 41.7 Å². The highest BCUT2D eigenvalue weighted by Gasteiger charge is 2.44. The van der Waals surface area contributed by atoms with Gasteiger partial charge in [-0.15, -0.1) is 0 Å². The smallest absolute Gasteiger partial charge is 0.254 e. The first kappa shape index (κ1) is 23.6. The van der Waals surface area contributed by atoms with Crippen LogP contribution in [0.1, 0.15) is 59.2 Å². The molecule has 1 saturated heterocycles. The Morgan fingerprint density at radius 1 is 0.811 bits per heavy atom. The van der Waals surface area contributed by atoms with Crippen molar-refractivity contribution in [2.24, 2.45) is 11.8 Å². The summed E-state index contributed by atoms with van der Waals surface area (Å²) in [5, 5.41) is 0.982. The number of benzene rings is 3. The van der Waals surface area contributed by atoms with Crippen molar-refractivity contribution in [1.82, 2.24) is 9.88 Å². The van der Waals surface area contributed by atoms with Crippen molar-refractivity contribution in [2.45, 2.75) is 44.6 Å². The fraction of sp³-hybridized carbons (Fsp3) is 0.303. The second-order valence-electron chi connectivity index (χ2n) is 10.5. The molecule has 2 aliphatic rings. The Kier molecular flexibility index (Phi) is 6.57. The average Bonchev–Trinajstić information content (AvgIpc) is 3.34. The molecule has 4 heteroatoms. The highest BCUT2D eigenvalue weighted by molar-refractivity contribution is 6.06. The van der Waals surface area contributed by atoms with Crippen molar-refractivity contribution < 1.29 is 9.59 Å². The van der Waals surface area contributed by atoms with Crippen LogP contribution >= 0.6 is 0 Å². The Bertz CT molecular complexity index is 1430. The fourth-order valence-electron chi connectivity index (χ4n) is 6.63. The zero-order valence-electron chi connectivity index (χ0n) is 21.1. The van der Waals surface area contributed by atoms with E-state index in [9.17, 15) is 9.59 Å². The molecule has 1 aliphatic carbocycles. The third kappa shape index (κ3) is 4.57. The Morgan fingerprint density at radius 2 is 1.57 bits per heavy atom. The molecule has 2 fully saturated rings. The van der Waals surface area contributed by atoms with Crippen LogP contribution in [-0.2, 0) is 0 Å². The lowest BCUT2D eigenvalue weighted by Gasteiger charge is -2.31. The number of ketones is 1. The lowest BCUT2D eigenvalue weighted by molar-refractivity contribution is 0.0698. The lowest BCUT2D eigenvalue weighted by Crippen LogP contribution is -2.38. The van der Waals surface area contributed by atoms with E-state index in [1.54, 1.807) is 6.20 Å². The topological polar surface area (TPSA) is 50.3 Å². The number of hydrogen-bond acceptors (Lipinski definition) is 3. The van der Waals surface area contributed by atoms with Gasteiger partial charge in [-0.25, -0.2) is 0 Å². The number of Topliss-reactive ketones (excluding diaryl/α,β-unsaturated/α-hetero) is 1. The molecule has 37 heavy (non-hydrogen) atoms. The first-order valence-corrected chi connectivity index (χ1v) is 13.5. The number of fused-ring (bicyclic) bond motifs is 2. The van der Waals surface area contributed by atoms with E-state index in [1.807, 2.05) is 72.8 Å². The van der Waals surface area contributed by atoms with Gasteiger partial charge in [-0.2, -0.15) is 0 Å². The van der Waals surface area contributed by atoms with E-state index in [2.05, 4.69) is 22.0 Å². The Morgan fingerprint density at radius 3 is 2.46 bits per heavy atom. The van der Waals surface area contributed by atoms with E-state index in [4.69, 9.17) is 0 Å². The van der Waals surface area contributed by atoms with E-state index in [0.29, 0.717) is 30.2 Å². The summed E-state index contributed by atoms with van der Waals surface area (Å²) in [6.45, 7) is 0.793. The third-order valence-corrected chi connectivity index (χ3v) is 8.40. The van der Waals surface area contributed by atoms with Gasteiger partial charge in [0.2, 0.25) is 0 Å².